The Bertz CT molecular complexity index is 1120. The highest BCUT2D eigenvalue weighted by Gasteiger charge is 2.31. The van der Waals surface area contributed by atoms with Gasteiger partial charge in [-0.25, -0.2) is 8.42 Å². The van der Waals surface area contributed by atoms with Gasteiger partial charge in [-0.05, 0) is 48.6 Å². The molecular weight excluding hydrogens is 466 g/mol. The number of nitrogens with one attached hydrogen (secondary N) is 1. The number of sulfonamides is 1. The third-order valence-corrected chi connectivity index (χ3v) is 6.84. The number of ether oxygens (including phenoxy) is 1. The molecule has 2 aromatic carbocycles. The third kappa shape index (κ3) is 7.71. The van der Waals surface area contributed by atoms with E-state index in [1.165, 1.54) is 4.90 Å². The van der Waals surface area contributed by atoms with Gasteiger partial charge in [0.15, 0.2) is 0 Å². The zero-order valence-corrected chi connectivity index (χ0v) is 22.3. The first-order valence-electron chi connectivity index (χ1n) is 11.8. The first-order chi connectivity index (χ1) is 16.5. The molecule has 35 heavy (non-hydrogen) atoms. The van der Waals surface area contributed by atoms with Gasteiger partial charge in [0, 0.05) is 13.1 Å². The number of methoxy groups -OCH3 is 1. The molecule has 2 aromatic rings. The van der Waals surface area contributed by atoms with Gasteiger partial charge in [-0.2, -0.15) is 0 Å². The van der Waals surface area contributed by atoms with Crippen LogP contribution in [-0.4, -0.2) is 57.6 Å². The number of carbonyl (C=O) groups is 2. The van der Waals surface area contributed by atoms with E-state index in [0.717, 1.165) is 28.1 Å². The van der Waals surface area contributed by atoms with Crippen molar-refractivity contribution in [2.75, 3.05) is 30.8 Å². The molecule has 2 amide bonds. The minimum Gasteiger partial charge on any atom is -0.497 e. The van der Waals surface area contributed by atoms with E-state index in [2.05, 4.69) is 5.32 Å². The van der Waals surface area contributed by atoms with Crippen molar-refractivity contribution in [1.29, 1.82) is 0 Å². The molecule has 0 aliphatic heterocycles. The van der Waals surface area contributed by atoms with Crippen molar-refractivity contribution in [3.8, 4) is 5.75 Å². The lowest BCUT2D eigenvalue weighted by molar-refractivity contribution is -0.139. The summed E-state index contributed by atoms with van der Waals surface area (Å²) in [7, 11) is -2.23. The molecule has 0 radical (unpaired) electrons. The maximum atomic E-state index is 13.6. The van der Waals surface area contributed by atoms with E-state index in [4.69, 9.17) is 4.74 Å². The first kappa shape index (κ1) is 28.2. The number of rotatable bonds is 12. The van der Waals surface area contributed by atoms with Gasteiger partial charge < -0.3 is 15.0 Å². The molecule has 0 fully saturated rings. The van der Waals surface area contributed by atoms with E-state index >= 15 is 0 Å². The molecule has 9 heteroatoms. The van der Waals surface area contributed by atoms with Crippen LogP contribution in [0.15, 0.2) is 48.5 Å². The van der Waals surface area contributed by atoms with Gasteiger partial charge in [-0.3, -0.25) is 13.9 Å². The summed E-state index contributed by atoms with van der Waals surface area (Å²) in [4.78, 5) is 27.9. The van der Waals surface area contributed by atoms with Crippen LogP contribution in [0.4, 0.5) is 5.69 Å². The standard InChI is InChI=1S/C26H37N3O5S/c1-7-15-27-26(31)20(4)28(17-21-11-10-12-22(16-21)34-5)25(30)18-29(35(6,32)33)24-14-9-8-13-23(24)19(2)3/h8-14,16,19-20H,7,15,17-18H2,1-6H3,(H,27,31). The van der Waals surface area contributed by atoms with E-state index in [1.807, 2.05) is 39.0 Å². The summed E-state index contributed by atoms with van der Waals surface area (Å²) in [6, 6.07) is 13.6. The smallest absolute Gasteiger partial charge is 0.244 e. The van der Waals surface area contributed by atoms with Crippen molar-refractivity contribution < 1.29 is 22.7 Å². The predicted molar refractivity (Wildman–Crippen MR) is 139 cm³/mol. The van der Waals surface area contributed by atoms with Crippen molar-refractivity contribution in [3.05, 3.63) is 59.7 Å². The molecule has 1 atom stereocenters. The molecule has 0 bridgehead atoms. The fourth-order valence-electron chi connectivity index (χ4n) is 3.74. The summed E-state index contributed by atoms with van der Waals surface area (Å²) in [6.45, 7) is 7.72. The fourth-order valence-corrected chi connectivity index (χ4v) is 4.61. The summed E-state index contributed by atoms with van der Waals surface area (Å²) in [6.07, 6.45) is 1.84. The van der Waals surface area contributed by atoms with Crippen LogP contribution in [0.2, 0.25) is 0 Å². The summed E-state index contributed by atoms with van der Waals surface area (Å²) in [5.74, 6) is -0.0914. The van der Waals surface area contributed by atoms with Crippen LogP contribution in [0, 0.1) is 0 Å². The zero-order chi connectivity index (χ0) is 26.2. The highest BCUT2D eigenvalue weighted by atomic mass is 32.2. The van der Waals surface area contributed by atoms with Crippen LogP contribution in [0.3, 0.4) is 0 Å². The Labute approximate surface area is 209 Å². The Kier molecular flexibility index (Phi) is 10.1. The van der Waals surface area contributed by atoms with Gasteiger partial charge in [0.25, 0.3) is 0 Å². The van der Waals surface area contributed by atoms with Crippen LogP contribution < -0.4 is 14.4 Å². The highest BCUT2D eigenvalue weighted by Crippen LogP contribution is 2.29. The molecule has 1 unspecified atom stereocenters. The average molecular weight is 504 g/mol. The fraction of sp³-hybridized carbons (Fsp3) is 0.462. The Hall–Kier alpha value is -3.07. The maximum absolute atomic E-state index is 13.6. The number of hydrogen-bond donors (Lipinski definition) is 1. The van der Waals surface area contributed by atoms with Crippen molar-refractivity contribution in [2.24, 2.45) is 0 Å². The summed E-state index contributed by atoms with van der Waals surface area (Å²) < 4.78 is 32.0. The number of benzene rings is 2. The van der Waals surface area contributed by atoms with E-state index in [-0.39, 0.29) is 18.4 Å². The predicted octanol–water partition coefficient (Wildman–Crippen LogP) is 3.53. The normalized spacial score (nSPS) is 12.2. The number of hydrogen-bond acceptors (Lipinski definition) is 5. The molecule has 1 N–H and O–H groups in total. The van der Waals surface area contributed by atoms with Gasteiger partial charge in [0.05, 0.1) is 19.1 Å². The van der Waals surface area contributed by atoms with E-state index in [1.54, 1.807) is 44.4 Å². The molecule has 2 rings (SSSR count). The Morgan fingerprint density at radius 1 is 1.06 bits per heavy atom. The lowest BCUT2D eigenvalue weighted by atomic mass is 10.0. The van der Waals surface area contributed by atoms with Crippen molar-refractivity contribution >= 4 is 27.5 Å². The largest absolute Gasteiger partial charge is 0.497 e. The van der Waals surface area contributed by atoms with Crippen LogP contribution in [0.25, 0.3) is 0 Å². The maximum Gasteiger partial charge on any atom is 0.244 e. The zero-order valence-electron chi connectivity index (χ0n) is 21.4. The minimum absolute atomic E-state index is 0.0529. The molecule has 0 aromatic heterocycles. The van der Waals surface area contributed by atoms with E-state index < -0.39 is 28.5 Å². The Morgan fingerprint density at radius 3 is 2.34 bits per heavy atom. The highest BCUT2D eigenvalue weighted by molar-refractivity contribution is 7.92. The molecule has 0 aliphatic rings. The number of nitrogens with zero attached hydrogens (tertiary/aromatic N) is 2. The lowest BCUT2D eigenvalue weighted by Gasteiger charge is -2.32. The second kappa shape index (κ2) is 12.6. The Morgan fingerprint density at radius 2 is 1.74 bits per heavy atom. The summed E-state index contributed by atoms with van der Waals surface area (Å²) in [5, 5.41) is 2.83. The van der Waals surface area contributed by atoms with Crippen molar-refractivity contribution in [2.45, 2.75) is 52.6 Å². The summed E-state index contributed by atoms with van der Waals surface area (Å²) in [5.41, 5.74) is 2.04. The van der Waals surface area contributed by atoms with Crippen LogP contribution >= 0.6 is 0 Å². The molecule has 8 nitrogen and oxygen atoms in total. The summed E-state index contributed by atoms with van der Waals surface area (Å²) >= 11 is 0. The number of para-hydroxylation sites is 1. The molecular formula is C26H37N3O5S. The average Bonchev–Trinajstić information content (AvgIpc) is 2.83. The molecule has 0 spiro atoms. The number of carbonyl (C=O) groups excluding carboxylic acids is 2. The van der Waals surface area contributed by atoms with E-state index in [0.29, 0.717) is 18.0 Å². The van der Waals surface area contributed by atoms with Crippen LogP contribution in [0.5, 0.6) is 5.75 Å². The Balaban J connectivity index is 2.45. The number of anilines is 1. The molecule has 0 saturated carbocycles. The van der Waals surface area contributed by atoms with Crippen molar-refractivity contribution in [3.63, 3.8) is 0 Å². The van der Waals surface area contributed by atoms with Gasteiger partial charge in [0.2, 0.25) is 21.8 Å². The SMILES string of the molecule is CCCNC(=O)C(C)N(Cc1cccc(OC)c1)C(=O)CN(c1ccccc1C(C)C)S(C)(=O)=O. The lowest BCUT2D eigenvalue weighted by Crippen LogP contribution is -2.51. The van der Waals surface area contributed by atoms with Gasteiger partial charge in [-0.15, -0.1) is 0 Å². The van der Waals surface area contributed by atoms with Crippen LogP contribution in [-0.2, 0) is 26.2 Å². The van der Waals surface area contributed by atoms with Crippen LogP contribution in [0.1, 0.15) is 51.2 Å². The first-order valence-corrected chi connectivity index (χ1v) is 13.6. The molecule has 0 saturated heterocycles. The monoisotopic (exact) mass is 503 g/mol. The van der Waals surface area contributed by atoms with Gasteiger partial charge in [-0.1, -0.05) is 51.1 Å². The van der Waals surface area contributed by atoms with Crippen molar-refractivity contribution in [1.82, 2.24) is 10.2 Å². The quantitative estimate of drug-likeness (QED) is 0.478. The number of amides is 2. The topological polar surface area (TPSA) is 96.0 Å². The minimum atomic E-state index is -3.78. The molecule has 0 aliphatic carbocycles. The van der Waals surface area contributed by atoms with Gasteiger partial charge in [0.1, 0.15) is 18.3 Å². The second-order valence-electron chi connectivity index (χ2n) is 8.82. The third-order valence-electron chi connectivity index (χ3n) is 5.71. The molecule has 192 valence electrons. The van der Waals surface area contributed by atoms with E-state index in [9.17, 15) is 18.0 Å². The molecule has 0 heterocycles. The second-order valence-corrected chi connectivity index (χ2v) is 10.7. The van der Waals surface area contributed by atoms with Gasteiger partial charge >= 0.3 is 0 Å².